The fourth-order valence-electron chi connectivity index (χ4n) is 7.36. The molecule has 0 aliphatic heterocycles. The second-order valence-corrected chi connectivity index (χ2v) is 14.1. The monoisotopic (exact) mass is 666 g/mol. The molecule has 0 radical (unpaired) electrons. The summed E-state index contributed by atoms with van der Waals surface area (Å²) < 4.78 is 2.61. The standard InChI is InChI=1S/C48H30N2S/c1-3-13-31(14-4-1)44-30-45(50-48(49-44)32-15-5-2-6-16-32)37-26-35(33-23-24-47-43(28-33)41-21-11-12-22-46(41)51-47)25-36(27-37)42-29-34-17-7-8-18-38(34)39-19-9-10-20-40(39)42/h1-30H. The molecule has 0 unspecified atom stereocenters. The Morgan fingerprint density at radius 2 is 0.902 bits per heavy atom. The van der Waals surface area contributed by atoms with Gasteiger partial charge in [-0.25, -0.2) is 9.97 Å². The van der Waals surface area contributed by atoms with Gasteiger partial charge >= 0.3 is 0 Å². The SMILES string of the molecule is c1ccc(-c2cc(-c3cc(-c4ccc5sc6ccccc6c5c4)cc(-c4cc5ccccc5c5ccccc45)c3)nc(-c3ccccc3)n2)cc1. The van der Waals surface area contributed by atoms with Crippen LogP contribution in [-0.4, -0.2) is 9.97 Å². The first-order valence-corrected chi connectivity index (χ1v) is 18.0. The van der Waals surface area contributed by atoms with Crippen molar-refractivity contribution in [3.05, 3.63) is 182 Å². The average Bonchev–Trinajstić information content (AvgIpc) is 3.59. The lowest BCUT2D eigenvalue weighted by atomic mass is 9.89. The number of thiophene rings is 1. The Hall–Kier alpha value is -6.42. The van der Waals surface area contributed by atoms with Crippen molar-refractivity contribution in [1.29, 1.82) is 0 Å². The highest BCUT2D eigenvalue weighted by molar-refractivity contribution is 7.25. The molecule has 0 saturated heterocycles. The van der Waals surface area contributed by atoms with Crippen LogP contribution in [0.2, 0.25) is 0 Å². The van der Waals surface area contributed by atoms with Crippen molar-refractivity contribution in [2.24, 2.45) is 0 Å². The average molecular weight is 667 g/mol. The van der Waals surface area contributed by atoms with Crippen molar-refractivity contribution in [3.63, 3.8) is 0 Å². The molecule has 0 atom stereocenters. The van der Waals surface area contributed by atoms with E-state index in [4.69, 9.17) is 9.97 Å². The summed E-state index contributed by atoms with van der Waals surface area (Å²) in [6.45, 7) is 0. The van der Waals surface area contributed by atoms with Crippen molar-refractivity contribution >= 4 is 53.1 Å². The maximum atomic E-state index is 5.25. The summed E-state index contributed by atoms with van der Waals surface area (Å²) >= 11 is 1.85. The van der Waals surface area contributed by atoms with E-state index in [0.717, 1.165) is 39.2 Å². The van der Waals surface area contributed by atoms with Gasteiger partial charge in [-0.2, -0.15) is 0 Å². The number of hydrogen-bond acceptors (Lipinski definition) is 3. The highest BCUT2D eigenvalue weighted by Crippen LogP contribution is 2.41. The zero-order chi connectivity index (χ0) is 33.7. The van der Waals surface area contributed by atoms with E-state index < -0.39 is 0 Å². The van der Waals surface area contributed by atoms with Gasteiger partial charge in [0.25, 0.3) is 0 Å². The smallest absolute Gasteiger partial charge is 0.160 e. The molecule has 0 aliphatic rings. The topological polar surface area (TPSA) is 25.8 Å². The number of nitrogens with zero attached hydrogens (tertiary/aromatic N) is 2. The van der Waals surface area contributed by atoms with Gasteiger partial charge in [-0.15, -0.1) is 11.3 Å². The van der Waals surface area contributed by atoms with Crippen LogP contribution in [-0.2, 0) is 0 Å². The minimum atomic E-state index is 0.709. The molecular formula is C48H30N2S. The van der Waals surface area contributed by atoms with E-state index in [2.05, 4.69) is 158 Å². The predicted octanol–water partition coefficient (Wildman–Crippen LogP) is 13.5. The zero-order valence-corrected chi connectivity index (χ0v) is 28.4. The third-order valence-electron chi connectivity index (χ3n) is 9.85. The largest absolute Gasteiger partial charge is 0.228 e. The summed E-state index contributed by atoms with van der Waals surface area (Å²) in [5.74, 6) is 0.709. The summed E-state index contributed by atoms with van der Waals surface area (Å²) in [6, 6.07) is 65.2. The highest BCUT2D eigenvalue weighted by atomic mass is 32.1. The molecular weight excluding hydrogens is 637 g/mol. The van der Waals surface area contributed by atoms with Crippen molar-refractivity contribution in [3.8, 4) is 56.2 Å². The molecule has 238 valence electrons. The van der Waals surface area contributed by atoms with Gasteiger partial charge in [0.2, 0.25) is 0 Å². The summed E-state index contributed by atoms with van der Waals surface area (Å²) in [4.78, 5) is 10.3. The minimum absolute atomic E-state index is 0.709. The van der Waals surface area contributed by atoms with E-state index in [1.807, 2.05) is 35.6 Å². The van der Waals surface area contributed by atoms with Crippen LogP contribution in [0.1, 0.15) is 0 Å². The van der Waals surface area contributed by atoms with Crippen LogP contribution in [0.5, 0.6) is 0 Å². The Labute approximate surface area is 300 Å². The predicted molar refractivity (Wildman–Crippen MR) is 217 cm³/mol. The molecule has 0 N–H and O–H groups in total. The summed E-state index contributed by atoms with van der Waals surface area (Å²) in [5, 5.41) is 7.56. The zero-order valence-electron chi connectivity index (χ0n) is 27.6. The molecule has 0 spiro atoms. The van der Waals surface area contributed by atoms with E-state index in [0.29, 0.717) is 5.82 Å². The van der Waals surface area contributed by atoms with Crippen LogP contribution in [0.15, 0.2) is 182 Å². The Kier molecular flexibility index (Phi) is 7.04. The van der Waals surface area contributed by atoms with Gasteiger partial charge in [0.05, 0.1) is 11.4 Å². The second kappa shape index (κ2) is 12.2. The van der Waals surface area contributed by atoms with E-state index >= 15 is 0 Å². The van der Waals surface area contributed by atoms with Gasteiger partial charge in [0.1, 0.15) is 0 Å². The van der Waals surface area contributed by atoms with Gasteiger partial charge < -0.3 is 0 Å². The van der Waals surface area contributed by atoms with Crippen molar-refractivity contribution in [2.75, 3.05) is 0 Å². The van der Waals surface area contributed by atoms with Crippen LogP contribution in [0.3, 0.4) is 0 Å². The van der Waals surface area contributed by atoms with E-state index in [1.54, 1.807) is 0 Å². The lowest BCUT2D eigenvalue weighted by Crippen LogP contribution is -1.96. The maximum Gasteiger partial charge on any atom is 0.160 e. The van der Waals surface area contributed by atoms with Gasteiger partial charge in [-0.05, 0) is 92.3 Å². The third-order valence-corrected chi connectivity index (χ3v) is 11.0. The molecule has 0 aliphatic carbocycles. The lowest BCUT2D eigenvalue weighted by Gasteiger charge is -2.15. The van der Waals surface area contributed by atoms with Gasteiger partial charge in [-0.1, -0.05) is 133 Å². The van der Waals surface area contributed by atoms with Crippen LogP contribution in [0, 0.1) is 0 Å². The number of rotatable bonds is 5. The molecule has 2 aromatic heterocycles. The fourth-order valence-corrected chi connectivity index (χ4v) is 8.45. The number of hydrogen-bond donors (Lipinski definition) is 0. The van der Waals surface area contributed by atoms with Gasteiger partial charge in [0.15, 0.2) is 5.82 Å². The summed E-state index contributed by atoms with van der Waals surface area (Å²) in [6.07, 6.45) is 0. The molecule has 0 fully saturated rings. The first-order chi connectivity index (χ1) is 25.2. The second-order valence-electron chi connectivity index (χ2n) is 13.0. The van der Waals surface area contributed by atoms with Gasteiger partial charge in [0, 0.05) is 36.9 Å². The van der Waals surface area contributed by atoms with Crippen LogP contribution in [0.4, 0.5) is 0 Å². The Morgan fingerprint density at radius 3 is 1.71 bits per heavy atom. The van der Waals surface area contributed by atoms with E-state index in [1.165, 1.54) is 52.8 Å². The molecule has 0 saturated carbocycles. The molecule has 10 aromatic rings. The van der Waals surface area contributed by atoms with Crippen molar-refractivity contribution in [1.82, 2.24) is 9.97 Å². The quantitative estimate of drug-likeness (QED) is 0.171. The van der Waals surface area contributed by atoms with Crippen LogP contribution < -0.4 is 0 Å². The molecule has 0 amide bonds. The third kappa shape index (κ3) is 5.27. The molecule has 8 aromatic carbocycles. The first-order valence-electron chi connectivity index (χ1n) is 17.2. The molecule has 0 bridgehead atoms. The van der Waals surface area contributed by atoms with E-state index in [-0.39, 0.29) is 0 Å². The van der Waals surface area contributed by atoms with Crippen LogP contribution in [0.25, 0.3) is 97.9 Å². The normalized spacial score (nSPS) is 11.5. The number of benzene rings is 8. The molecule has 51 heavy (non-hydrogen) atoms. The molecule has 2 nitrogen and oxygen atoms in total. The summed E-state index contributed by atoms with van der Waals surface area (Å²) in [5.41, 5.74) is 9.57. The number of fused-ring (bicyclic) bond motifs is 6. The van der Waals surface area contributed by atoms with Gasteiger partial charge in [-0.3, -0.25) is 0 Å². The van der Waals surface area contributed by atoms with E-state index in [9.17, 15) is 0 Å². The molecule has 3 heteroatoms. The Balaban J connectivity index is 1.25. The van der Waals surface area contributed by atoms with Crippen LogP contribution >= 0.6 is 11.3 Å². The highest BCUT2D eigenvalue weighted by Gasteiger charge is 2.16. The fraction of sp³-hybridized carbons (Fsp3) is 0. The Bertz CT molecular complexity index is 2850. The maximum absolute atomic E-state index is 5.25. The number of aromatic nitrogens is 2. The lowest BCUT2D eigenvalue weighted by molar-refractivity contribution is 1.18. The van der Waals surface area contributed by atoms with Crippen molar-refractivity contribution < 1.29 is 0 Å². The Morgan fingerprint density at radius 1 is 0.314 bits per heavy atom. The first kappa shape index (κ1) is 29.5. The minimum Gasteiger partial charge on any atom is -0.228 e. The summed E-state index contributed by atoms with van der Waals surface area (Å²) in [7, 11) is 0. The molecule has 10 rings (SSSR count). The molecule has 2 heterocycles. The van der Waals surface area contributed by atoms with Crippen molar-refractivity contribution in [2.45, 2.75) is 0 Å².